The molecule has 0 radical (unpaired) electrons. The maximum Gasteiger partial charge on any atom is 0.329 e. The number of hydrogen-bond donors (Lipinski definition) is 1. The monoisotopic (exact) mass is 324 g/mol. The Bertz CT molecular complexity index is 674. The summed E-state index contributed by atoms with van der Waals surface area (Å²) in [5.41, 5.74) is 0.335. The van der Waals surface area contributed by atoms with Crippen molar-refractivity contribution in [3.05, 3.63) is 27.4 Å². The fourth-order valence-corrected chi connectivity index (χ4v) is 3.41. The van der Waals surface area contributed by atoms with Crippen molar-refractivity contribution in [1.29, 1.82) is 0 Å². The number of carbonyl (C=O) groups excluding carboxylic acids is 1. The van der Waals surface area contributed by atoms with Gasteiger partial charge in [0.15, 0.2) is 0 Å². The molecule has 2 rings (SSSR count). The van der Waals surface area contributed by atoms with Crippen LogP contribution in [0.5, 0.6) is 0 Å². The molecule has 2 aromatic heterocycles. The van der Waals surface area contributed by atoms with E-state index in [1.807, 2.05) is 16.8 Å². The number of aromatic nitrogens is 1. The minimum atomic E-state index is -1.27. The van der Waals surface area contributed by atoms with E-state index >= 15 is 0 Å². The summed E-state index contributed by atoms with van der Waals surface area (Å²) in [6.45, 7) is 4.77. The lowest BCUT2D eigenvalue weighted by Gasteiger charge is -2.31. The van der Waals surface area contributed by atoms with Gasteiger partial charge in [-0.3, -0.25) is 4.79 Å². The molecule has 0 spiro atoms. The van der Waals surface area contributed by atoms with Crippen LogP contribution in [0.2, 0.25) is 0 Å². The minimum absolute atomic E-state index is 0.320. The van der Waals surface area contributed by atoms with Crippen molar-refractivity contribution in [2.24, 2.45) is 0 Å². The van der Waals surface area contributed by atoms with Crippen LogP contribution in [0.1, 0.15) is 29.2 Å². The molecule has 0 fully saturated rings. The molecule has 2 aromatic rings. The summed E-state index contributed by atoms with van der Waals surface area (Å²) >= 11 is 2.86. The summed E-state index contributed by atoms with van der Waals surface area (Å²) < 4.78 is 0. The number of likely N-dealkylation sites (N-methyl/N-ethyl adjacent to an activating group) is 1. The molecule has 0 saturated carbocycles. The van der Waals surface area contributed by atoms with Crippen molar-refractivity contribution < 1.29 is 14.7 Å². The first-order chi connectivity index (χ1) is 9.75. The summed E-state index contributed by atoms with van der Waals surface area (Å²) in [6.07, 6.45) is 0. The van der Waals surface area contributed by atoms with Crippen LogP contribution in [-0.4, -0.2) is 39.5 Å². The Labute approximate surface area is 130 Å². The van der Waals surface area contributed by atoms with Gasteiger partial charge in [0, 0.05) is 18.0 Å². The van der Waals surface area contributed by atoms with Crippen LogP contribution >= 0.6 is 22.7 Å². The third kappa shape index (κ3) is 2.84. The van der Waals surface area contributed by atoms with Crippen molar-refractivity contribution in [3.63, 3.8) is 0 Å². The molecule has 0 aliphatic heterocycles. The molecule has 0 aromatic carbocycles. The number of thiophene rings is 1. The Morgan fingerprint density at radius 3 is 2.57 bits per heavy atom. The van der Waals surface area contributed by atoms with Crippen LogP contribution in [0, 0.1) is 6.92 Å². The molecule has 21 heavy (non-hydrogen) atoms. The molecule has 1 amide bonds. The van der Waals surface area contributed by atoms with E-state index in [4.69, 9.17) is 0 Å². The number of rotatable bonds is 4. The van der Waals surface area contributed by atoms with Crippen LogP contribution in [0.3, 0.4) is 0 Å². The van der Waals surface area contributed by atoms with Gasteiger partial charge in [-0.25, -0.2) is 9.78 Å². The quantitative estimate of drug-likeness (QED) is 0.938. The first-order valence-electron chi connectivity index (χ1n) is 6.26. The average molecular weight is 324 g/mol. The van der Waals surface area contributed by atoms with Crippen LogP contribution in [0.4, 0.5) is 0 Å². The summed E-state index contributed by atoms with van der Waals surface area (Å²) in [5.74, 6) is -1.36. The van der Waals surface area contributed by atoms with E-state index in [2.05, 4.69) is 4.98 Å². The molecule has 0 atom stereocenters. The lowest BCUT2D eigenvalue weighted by molar-refractivity contribution is -0.147. The summed E-state index contributed by atoms with van der Waals surface area (Å²) in [5, 5.41) is 13.9. The SMILES string of the molecule is Cc1nc(-c2ccsc2)sc1C(=O)N(C)C(C)(C)C(=O)O. The second-order valence-corrected chi connectivity index (χ2v) is 6.95. The molecule has 7 heteroatoms. The van der Waals surface area contributed by atoms with E-state index in [1.54, 1.807) is 18.3 Å². The van der Waals surface area contributed by atoms with E-state index in [0.717, 1.165) is 10.6 Å². The van der Waals surface area contributed by atoms with E-state index < -0.39 is 11.5 Å². The van der Waals surface area contributed by atoms with E-state index in [1.165, 1.54) is 37.1 Å². The fourth-order valence-electron chi connectivity index (χ4n) is 1.65. The minimum Gasteiger partial charge on any atom is -0.480 e. The van der Waals surface area contributed by atoms with Crippen LogP contribution in [-0.2, 0) is 4.79 Å². The lowest BCUT2D eigenvalue weighted by atomic mass is 10.0. The summed E-state index contributed by atoms with van der Waals surface area (Å²) in [6, 6.07) is 1.95. The number of aliphatic carboxylic acids is 1. The number of thiazole rings is 1. The van der Waals surface area contributed by atoms with Crippen molar-refractivity contribution in [3.8, 4) is 10.6 Å². The molecular formula is C14H16N2O3S2. The van der Waals surface area contributed by atoms with Gasteiger partial charge >= 0.3 is 5.97 Å². The lowest BCUT2D eigenvalue weighted by Crippen LogP contribution is -2.50. The van der Waals surface area contributed by atoms with Crippen molar-refractivity contribution in [2.75, 3.05) is 7.05 Å². The molecule has 0 bridgehead atoms. The first kappa shape index (κ1) is 15.7. The number of amides is 1. The molecule has 112 valence electrons. The number of nitrogens with zero attached hydrogens (tertiary/aromatic N) is 2. The average Bonchev–Trinajstić information content (AvgIpc) is 3.05. The van der Waals surface area contributed by atoms with E-state index in [-0.39, 0.29) is 5.91 Å². The molecule has 5 nitrogen and oxygen atoms in total. The van der Waals surface area contributed by atoms with Gasteiger partial charge in [-0.1, -0.05) is 0 Å². The Balaban J connectivity index is 2.34. The molecule has 0 aliphatic rings. The third-order valence-corrected chi connectivity index (χ3v) is 5.30. The highest BCUT2D eigenvalue weighted by molar-refractivity contribution is 7.17. The molecule has 0 saturated heterocycles. The van der Waals surface area contributed by atoms with Gasteiger partial charge in [0.05, 0.1) is 5.69 Å². The van der Waals surface area contributed by atoms with Gasteiger partial charge in [-0.15, -0.1) is 11.3 Å². The zero-order valence-electron chi connectivity index (χ0n) is 12.2. The van der Waals surface area contributed by atoms with Gasteiger partial charge < -0.3 is 10.0 Å². The van der Waals surface area contributed by atoms with Crippen LogP contribution in [0.15, 0.2) is 16.8 Å². The maximum absolute atomic E-state index is 12.5. The van der Waals surface area contributed by atoms with Gasteiger partial charge in [0.2, 0.25) is 0 Å². The standard InChI is InChI=1S/C14H16N2O3S2/c1-8-10(12(17)16(4)14(2,3)13(18)19)21-11(15-8)9-5-6-20-7-9/h5-7H,1-4H3,(H,18,19). The maximum atomic E-state index is 12.5. The Hall–Kier alpha value is -1.73. The van der Waals surface area contributed by atoms with Crippen molar-refractivity contribution >= 4 is 34.6 Å². The van der Waals surface area contributed by atoms with E-state index in [9.17, 15) is 14.7 Å². The Morgan fingerprint density at radius 2 is 2.05 bits per heavy atom. The smallest absolute Gasteiger partial charge is 0.329 e. The highest BCUT2D eigenvalue weighted by Gasteiger charge is 2.36. The number of carboxylic acids is 1. The number of carbonyl (C=O) groups is 2. The van der Waals surface area contributed by atoms with Crippen molar-refractivity contribution in [2.45, 2.75) is 26.3 Å². The van der Waals surface area contributed by atoms with Gasteiger partial charge in [0.25, 0.3) is 5.91 Å². The van der Waals surface area contributed by atoms with Crippen molar-refractivity contribution in [1.82, 2.24) is 9.88 Å². The second kappa shape index (κ2) is 5.57. The highest BCUT2D eigenvalue weighted by atomic mass is 32.1. The number of carboxylic acid groups (broad SMARTS) is 1. The molecule has 2 heterocycles. The summed E-state index contributed by atoms with van der Waals surface area (Å²) in [7, 11) is 1.50. The predicted octanol–water partition coefficient (Wildman–Crippen LogP) is 3.12. The predicted molar refractivity (Wildman–Crippen MR) is 84.0 cm³/mol. The number of aryl methyl sites for hydroxylation is 1. The van der Waals surface area contributed by atoms with Gasteiger partial charge in [-0.05, 0) is 32.2 Å². The third-order valence-electron chi connectivity index (χ3n) is 3.43. The Morgan fingerprint density at radius 1 is 1.38 bits per heavy atom. The topological polar surface area (TPSA) is 70.5 Å². The van der Waals surface area contributed by atoms with Gasteiger partial charge in [-0.2, -0.15) is 11.3 Å². The van der Waals surface area contributed by atoms with E-state index in [0.29, 0.717) is 10.6 Å². The molecule has 0 aliphatic carbocycles. The highest BCUT2D eigenvalue weighted by Crippen LogP contribution is 2.31. The number of hydrogen-bond acceptors (Lipinski definition) is 5. The molecule has 0 unspecified atom stereocenters. The fraction of sp³-hybridized carbons (Fsp3) is 0.357. The molecular weight excluding hydrogens is 308 g/mol. The zero-order valence-corrected chi connectivity index (χ0v) is 13.8. The second-order valence-electron chi connectivity index (χ2n) is 5.17. The summed E-state index contributed by atoms with van der Waals surface area (Å²) in [4.78, 5) is 29.9. The molecule has 1 N–H and O–H groups in total. The van der Waals surface area contributed by atoms with Gasteiger partial charge in [0.1, 0.15) is 15.4 Å². The first-order valence-corrected chi connectivity index (χ1v) is 8.02. The Kier molecular flexibility index (Phi) is 4.15. The largest absolute Gasteiger partial charge is 0.480 e. The van der Waals surface area contributed by atoms with Crippen LogP contribution in [0.25, 0.3) is 10.6 Å². The van der Waals surface area contributed by atoms with Crippen LogP contribution < -0.4 is 0 Å². The normalized spacial score (nSPS) is 11.4. The zero-order chi connectivity index (χ0) is 15.8.